The standard InChI is InChI=1S/C20H22FN3O7S/c1-27-6-8-29-18-11-16-17(12-19(18)30-9-7-28-2)22-13-23-20(16)24-14-4-3-5-15(10-14)31-32(21,25)26/h3-5,10-13H,6-9H2,1-2H3,(H,22,23,24). The summed E-state index contributed by atoms with van der Waals surface area (Å²) in [6.45, 7) is 1.41. The first kappa shape index (κ1) is 23.4. The van der Waals surface area contributed by atoms with Crippen molar-refractivity contribution in [3.63, 3.8) is 0 Å². The van der Waals surface area contributed by atoms with Crippen LogP contribution in [0.15, 0.2) is 42.7 Å². The molecule has 0 saturated carbocycles. The average Bonchev–Trinajstić information content (AvgIpc) is 2.74. The van der Waals surface area contributed by atoms with E-state index in [4.69, 9.17) is 18.9 Å². The van der Waals surface area contributed by atoms with Crippen molar-refractivity contribution in [2.75, 3.05) is 46.0 Å². The lowest BCUT2D eigenvalue weighted by molar-refractivity contribution is 0.132. The van der Waals surface area contributed by atoms with E-state index in [0.29, 0.717) is 60.3 Å². The predicted octanol–water partition coefficient (Wildman–Crippen LogP) is 3.02. The van der Waals surface area contributed by atoms with Crippen LogP contribution in [0.5, 0.6) is 17.2 Å². The number of ether oxygens (including phenoxy) is 4. The molecule has 172 valence electrons. The number of hydrogen-bond acceptors (Lipinski definition) is 10. The van der Waals surface area contributed by atoms with Gasteiger partial charge in [0.1, 0.15) is 31.1 Å². The van der Waals surface area contributed by atoms with E-state index in [0.717, 1.165) is 0 Å². The molecule has 0 bridgehead atoms. The minimum absolute atomic E-state index is 0.187. The lowest BCUT2D eigenvalue weighted by Gasteiger charge is -2.15. The second-order valence-electron chi connectivity index (χ2n) is 6.35. The molecule has 0 spiro atoms. The quantitative estimate of drug-likeness (QED) is 0.314. The Morgan fingerprint density at radius 3 is 2.28 bits per heavy atom. The van der Waals surface area contributed by atoms with E-state index in [2.05, 4.69) is 19.5 Å². The number of fused-ring (bicyclic) bond motifs is 1. The minimum atomic E-state index is -5.14. The van der Waals surface area contributed by atoms with Crippen molar-refractivity contribution in [3.8, 4) is 17.2 Å². The van der Waals surface area contributed by atoms with E-state index in [-0.39, 0.29) is 5.75 Å². The van der Waals surface area contributed by atoms with Crippen LogP contribution < -0.4 is 19.0 Å². The summed E-state index contributed by atoms with van der Waals surface area (Å²) in [7, 11) is -1.99. The van der Waals surface area contributed by atoms with Crippen molar-refractivity contribution in [1.29, 1.82) is 0 Å². The minimum Gasteiger partial charge on any atom is -0.487 e. The Morgan fingerprint density at radius 2 is 1.62 bits per heavy atom. The fourth-order valence-electron chi connectivity index (χ4n) is 2.74. The van der Waals surface area contributed by atoms with Crippen molar-refractivity contribution in [1.82, 2.24) is 9.97 Å². The van der Waals surface area contributed by atoms with E-state index in [1.54, 1.807) is 32.4 Å². The molecule has 32 heavy (non-hydrogen) atoms. The van der Waals surface area contributed by atoms with Crippen LogP contribution >= 0.6 is 0 Å². The number of rotatable bonds is 12. The third-order valence-corrected chi connectivity index (χ3v) is 4.47. The van der Waals surface area contributed by atoms with Gasteiger partial charge in [-0.25, -0.2) is 9.97 Å². The second kappa shape index (κ2) is 10.9. The molecule has 2 aromatic carbocycles. The van der Waals surface area contributed by atoms with Gasteiger partial charge in [-0.1, -0.05) is 9.95 Å². The first-order valence-corrected chi connectivity index (χ1v) is 10.7. The Balaban J connectivity index is 1.93. The lowest BCUT2D eigenvalue weighted by atomic mass is 10.2. The van der Waals surface area contributed by atoms with Crippen molar-refractivity contribution in [3.05, 3.63) is 42.7 Å². The van der Waals surface area contributed by atoms with Crippen LogP contribution in [0.2, 0.25) is 0 Å². The van der Waals surface area contributed by atoms with Gasteiger partial charge in [0, 0.05) is 37.4 Å². The highest BCUT2D eigenvalue weighted by Crippen LogP contribution is 2.35. The van der Waals surface area contributed by atoms with E-state index in [1.165, 1.54) is 24.5 Å². The Bertz CT molecular complexity index is 1160. The van der Waals surface area contributed by atoms with Crippen molar-refractivity contribution in [2.24, 2.45) is 0 Å². The lowest BCUT2D eigenvalue weighted by Crippen LogP contribution is -2.09. The monoisotopic (exact) mass is 467 g/mol. The molecule has 3 aromatic rings. The maximum absolute atomic E-state index is 12.8. The molecule has 0 atom stereocenters. The number of halogens is 1. The van der Waals surface area contributed by atoms with Gasteiger partial charge in [0.25, 0.3) is 0 Å². The molecule has 1 N–H and O–H groups in total. The highest BCUT2D eigenvalue weighted by atomic mass is 32.3. The van der Waals surface area contributed by atoms with Crippen LogP contribution in [0.4, 0.5) is 15.4 Å². The molecule has 0 amide bonds. The SMILES string of the molecule is COCCOc1cc2ncnc(Nc3cccc(OS(=O)(=O)F)c3)c2cc1OCCOC. The van der Waals surface area contributed by atoms with Gasteiger partial charge in [0.15, 0.2) is 11.5 Å². The summed E-state index contributed by atoms with van der Waals surface area (Å²) in [6, 6.07) is 9.23. The van der Waals surface area contributed by atoms with Gasteiger partial charge < -0.3 is 28.4 Å². The molecule has 0 fully saturated rings. The second-order valence-corrected chi connectivity index (χ2v) is 7.30. The van der Waals surface area contributed by atoms with Crippen LogP contribution in [0.3, 0.4) is 0 Å². The Morgan fingerprint density at radius 1 is 0.938 bits per heavy atom. The molecule has 12 heteroatoms. The van der Waals surface area contributed by atoms with Crippen molar-refractivity contribution < 1.29 is 35.4 Å². The van der Waals surface area contributed by atoms with Crippen LogP contribution in [0.25, 0.3) is 10.9 Å². The van der Waals surface area contributed by atoms with Gasteiger partial charge in [-0.05, 0) is 18.2 Å². The highest BCUT2D eigenvalue weighted by molar-refractivity contribution is 7.81. The van der Waals surface area contributed by atoms with Crippen molar-refractivity contribution in [2.45, 2.75) is 0 Å². The third-order valence-electron chi connectivity index (χ3n) is 4.08. The Kier molecular flexibility index (Phi) is 7.98. The van der Waals surface area contributed by atoms with Crippen LogP contribution in [-0.2, 0) is 20.0 Å². The maximum atomic E-state index is 12.8. The normalized spacial score (nSPS) is 11.3. The first-order valence-electron chi connectivity index (χ1n) is 9.43. The molecule has 0 aliphatic rings. The van der Waals surface area contributed by atoms with E-state index in [1.807, 2.05) is 0 Å². The van der Waals surface area contributed by atoms with E-state index < -0.39 is 10.5 Å². The molecule has 3 rings (SSSR count). The summed E-state index contributed by atoms with van der Waals surface area (Å²) in [5, 5.41) is 3.66. The maximum Gasteiger partial charge on any atom is 0.488 e. The van der Waals surface area contributed by atoms with Gasteiger partial charge in [-0.15, -0.1) is 0 Å². The number of hydrogen-bond donors (Lipinski definition) is 1. The number of methoxy groups -OCH3 is 2. The van der Waals surface area contributed by atoms with Gasteiger partial charge in [-0.3, -0.25) is 0 Å². The third kappa shape index (κ3) is 6.64. The molecule has 0 radical (unpaired) electrons. The summed E-state index contributed by atoms with van der Waals surface area (Å²) in [4.78, 5) is 8.53. The first-order chi connectivity index (χ1) is 15.4. The van der Waals surface area contributed by atoms with Gasteiger partial charge >= 0.3 is 10.5 Å². The van der Waals surface area contributed by atoms with Crippen LogP contribution in [0.1, 0.15) is 0 Å². The molecular formula is C20H22FN3O7S. The van der Waals surface area contributed by atoms with E-state index >= 15 is 0 Å². The number of nitrogens with zero attached hydrogens (tertiary/aromatic N) is 2. The molecule has 1 aromatic heterocycles. The molecule has 10 nitrogen and oxygen atoms in total. The molecule has 0 saturated heterocycles. The number of anilines is 2. The molecule has 0 aliphatic heterocycles. The van der Waals surface area contributed by atoms with E-state index in [9.17, 15) is 12.3 Å². The zero-order valence-electron chi connectivity index (χ0n) is 17.4. The fourth-order valence-corrected chi connectivity index (χ4v) is 3.07. The highest BCUT2D eigenvalue weighted by Gasteiger charge is 2.14. The molecule has 1 heterocycles. The predicted molar refractivity (Wildman–Crippen MR) is 115 cm³/mol. The summed E-state index contributed by atoms with van der Waals surface area (Å²) in [5.41, 5.74) is 1.00. The largest absolute Gasteiger partial charge is 0.488 e. The summed E-state index contributed by atoms with van der Waals surface area (Å²) in [6.07, 6.45) is 1.36. The average molecular weight is 467 g/mol. The van der Waals surface area contributed by atoms with Gasteiger partial charge in [0.05, 0.1) is 18.7 Å². The summed E-state index contributed by atoms with van der Waals surface area (Å²) >= 11 is 0. The van der Waals surface area contributed by atoms with Crippen molar-refractivity contribution >= 4 is 32.9 Å². The topological polar surface area (TPSA) is 118 Å². The Hall–Kier alpha value is -3.22. The molecule has 0 aliphatic carbocycles. The summed E-state index contributed by atoms with van der Waals surface area (Å²) in [5.74, 6) is 1.17. The zero-order valence-corrected chi connectivity index (χ0v) is 18.2. The van der Waals surface area contributed by atoms with Crippen LogP contribution in [-0.4, -0.2) is 59.0 Å². The van der Waals surface area contributed by atoms with Gasteiger partial charge in [0.2, 0.25) is 0 Å². The summed E-state index contributed by atoms with van der Waals surface area (Å²) < 4.78 is 60.2. The Labute approximate surface area is 184 Å². The molecule has 0 unspecified atom stereocenters. The van der Waals surface area contributed by atoms with Crippen LogP contribution in [0, 0.1) is 0 Å². The smallest absolute Gasteiger partial charge is 0.487 e. The number of nitrogens with one attached hydrogen (secondary N) is 1. The number of benzene rings is 2. The van der Waals surface area contributed by atoms with Gasteiger partial charge in [-0.2, -0.15) is 8.42 Å². The molecular weight excluding hydrogens is 445 g/mol. The number of aromatic nitrogens is 2. The zero-order chi connectivity index (χ0) is 23.0. The fraction of sp³-hybridized carbons (Fsp3) is 0.300.